The third kappa shape index (κ3) is 5.14. The summed E-state index contributed by atoms with van der Waals surface area (Å²) in [5.74, 6) is 0.125. The molecule has 1 aliphatic heterocycles. The van der Waals surface area contributed by atoms with Gasteiger partial charge in [-0.1, -0.05) is 17.7 Å². The molecule has 1 atom stereocenters. The highest BCUT2D eigenvalue weighted by Gasteiger charge is 2.30. The molecule has 0 spiro atoms. The smallest absolute Gasteiger partial charge is 0.243 e. The van der Waals surface area contributed by atoms with E-state index in [1.54, 1.807) is 41.0 Å². The number of carbonyl (C=O) groups excluding carboxylic acids is 1. The minimum atomic E-state index is -3.47. The average Bonchev–Trinajstić information content (AvgIpc) is 2.68. The van der Waals surface area contributed by atoms with Crippen molar-refractivity contribution in [1.29, 1.82) is 0 Å². The van der Waals surface area contributed by atoms with Crippen LogP contribution in [0.3, 0.4) is 0 Å². The fraction of sp³-hybridized carbons (Fsp3) is 0.400. The van der Waals surface area contributed by atoms with Gasteiger partial charge in [-0.3, -0.25) is 9.78 Å². The number of amides is 1. The molecule has 144 valence electrons. The molecule has 2 heterocycles. The van der Waals surface area contributed by atoms with Crippen LogP contribution in [-0.4, -0.2) is 36.7 Å². The second-order valence-corrected chi connectivity index (χ2v) is 8.95. The molecule has 1 aliphatic rings. The number of benzene rings is 1. The van der Waals surface area contributed by atoms with Gasteiger partial charge in [0.25, 0.3) is 0 Å². The van der Waals surface area contributed by atoms with E-state index in [-0.39, 0.29) is 11.8 Å². The fourth-order valence-corrected chi connectivity index (χ4v) is 4.89. The molecule has 1 aromatic heterocycles. The van der Waals surface area contributed by atoms with Crippen LogP contribution in [0.5, 0.6) is 0 Å². The third-order valence-corrected chi connectivity index (χ3v) is 6.74. The lowest BCUT2D eigenvalue weighted by atomic mass is 9.94. The second kappa shape index (κ2) is 8.63. The van der Waals surface area contributed by atoms with Crippen molar-refractivity contribution in [3.63, 3.8) is 0 Å². The SMILES string of the molecule is Cc1ccc(S(=O)(=O)N2CCCC(CCC(=O)Nc3cccnc3)C2)cc1. The summed E-state index contributed by atoms with van der Waals surface area (Å²) in [6.07, 6.45) is 6.07. The minimum Gasteiger partial charge on any atom is -0.325 e. The molecule has 1 saturated heterocycles. The molecular weight excluding hydrogens is 362 g/mol. The summed E-state index contributed by atoms with van der Waals surface area (Å²) in [6, 6.07) is 10.5. The number of anilines is 1. The van der Waals surface area contributed by atoms with Crippen molar-refractivity contribution in [2.24, 2.45) is 5.92 Å². The Kier molecular flexibility index (Phi) is 6.23. The molecule has 0 aliphatic carbocycles. The number of pyridine rings is 1. The number of nitrogens with zero attached hydrogens (tertiary/aromatic N) is 2. The monoisotopic (exact) mass is 387 g/mol. The van der Waals surface area contributed by atoms with Crippen LogP contribution in [0.2, 0.25) is 0 Å². The van der Waals surface area contributed by atoms with Gasteiger partial charge in [-0.05, 0) is 56.4 Å². The molecule has 7 heteroatoms. The zero-order chi connectivity index (χ0) is 19.3. The van der Waals surface area contributed by atoms with Gasteiger partial charge in [0.15, 0.2) is 0 Å². The average molecular weight is 388 g/mol. The van der Waals surface area contributed by atoms with Gasteiger partial charge >= 0.3 is 0 Å². The number of piperidine rings is 1. The van der Waals surface area contributed by atoms with E-state index in [4.69, 9.17) is 0 Å². The molecule has 2 aromatic rings. The maximum absolute atomic E-state index is 12.9. The van der Waals surface area contributed by atoms with Gasteiger partial charge < -0.3 is 5.32 Å². The molecular formula is C20H25N3O3S. The van der Waals surface area contributed by atoms with Crippen molar-refractivity contribution in [2.45, 2.75) is 37.5 Å². The molecule has 0 bridgehead atoms. The molecule has 1 unspecified atom stereocenters. The van der Waals surface area contributed by atoms with E-state index in [1.165, 1.54) is 0 Å². The third-order valence-electron chi connectivity index (χ3n) is 4.87. The number of carbonyl (C=O) groups is 1. The summed E-state index contributed by atoms with van der Waals surface area (Å²) in [5, 5.41) is 2.82. The number of aryl methyl sites for hydroxylation is 1. The van der Waals surface area contributed by atoms with Gasteiger partial charge in [-0.2, -0.15) is 4.31 Å². The number of nitrogens with one attached hydrogen (secondary N) is 1. The predicted octanol–water partition coefficient (Wildman–Crippen LogP) is 3.21. The lowest BCUT2D eigenvalue weighted by Gasteiger charge is -2.32. The molecule has 6 nitrogen and oxygen atoms in total. The first-order valence-corrected chi connectivity index (χ1v) is 10.7. The van der Waals surface area contributed by atoms with E-state index >= 15 is 0 Å². The first kappa shape index (κ1) is 19.5. The number of sulfonamides is 1. The zero-order valence-electron chi connectivity index (χ0n) is 15.5. The van der Waals surface area contributed by atoms with Gasteiger partial charge in [0.2, 0.25) is 15.9 Å². The predicted molar refractivity (Wildman–Crippen MR) is 105 cm³/mol. The van der Waals surface area contributed by atoms with E-state index < -0.39 is 10.0 Å². The molecule has 3 rings (SSSR count). The van der Waals surface area contributed by atoms with Crippen LogP contribution < -0.4 is 5.32 Å². The second-order valence-electron chi connectivity index (χ2n) is 7.01. The van der Waals surface area contributed by atoms with E-state index in [2.05, 4.69) is 10.3 Å². The largest absolute Gasteiger partial charge is 0.325 e. The maximum atomic E-state index is 12.9. The van der Waals surface area contributed by atoms with Crippen molar-refractivity contribution in [3.05, 3.63) is 54.4 Å². The first-order valence-electron chi connectivity index (χ1n) is 9.22. The summed E-state index contributed by atoms with van der Waals surface area (Å²) >= 11 is 0. The van der Waals surface area contributed by atoms with Gasteiger partial charge in [0.1, 0.15) is 0 Å². The number of hydrogen-bond donors (Lipinski definition) is 1. The highest BCUT2D eigenvalue weighted by molar-refractivity contribution is 7.89. The first-order chi connectivity index (χ1) is 12.9. The van der Waals surface area contributed by atoms with Crippen LogP contribution in [0.4, 0.5) is 5.69 Å². The van der Waals surface area contributed by atoms with Crippen LogP contribution in [0, 0.1) is 12.8 Å². The van der Waals surface area contributed by atoms with Crippen LogP contribution in [0.1, 0.15) is 31.2 Å². The summed E-state index contributed by atoms with van der Waals surface area (Å²) in [5.41, 5.74) is 1.71. The van der Waals surface area contributed by atoms with Gasteiger partial charge in [0.05, 0.1) is 16.8 Å². The van der Waals surface area contributed by atoms with Crippen LogP contribution >= 0.6 is 0 Å². The minimum absolute atomic E-state index is 0.0680. The lowest BCUT2D eigenvalue weighted by Crippen LogP contribution is -2.40. The van der Waals surface area contributed by atoms with E-state index in [1.807, 2.05) is 19.1 Å². The zero-order valence-corrected chi connectivity index (χ0v) is 16.3. The van der Waals surface area contributed by atoms with Gasteiger partial charge in [0, 0.05) is 25.7 Å². The molecule has 0 radical (unpaired) electrons. The molecule has 1 fully saturated rings. The van der Waals surface area contributed by atoms with Crippen LogP contribution in [0.15, 0.2) is 53.7 Å². The van der Waals surface area contributed by atoms with Crippen LogP contribution in [-0.2, 0) is 14.8 Å². The van der Waals surface area contributed by atoms with Crippen molar-refractivity contribution >= 4 is 21.6 Å². The summed E-state index contributed by atoms with van der Waals surface area (Å²) < 4.78 is 27.3. The normalized spacial score (nSPS) is 18.2. The summed E-state index contributed by atoms with van der Waals surface area (Å²) in [6.45, 7) is 2.94. The van der Waals surface area contributed by atoms with E-state index in [0.29, 0.717) is 36.5 Å². The Balaban J connectivity index is 1.56. The Labute approximate surface area is 160 Å². The molecule has 1 N–H and O–H groups in total. The maximum Gasteiger partial charge on any atom is 0.243 e. The van der Waals surface area contributed by atoms with Crippen molar-refractivity contribution < 1.29 is 13.2 Å². The molecule has 1 amide bonds. The quantitative estimate of drug-likeness (QED) is 0.825. The molecule has 0 saturated carbocycles. The molecule has 1 aromatic carbocycles. The standard InChI is InChI=1S/C20H25N3O3S/c1-16-6-9-19(10-7-16)27(25,26)23-13-3-4-17(15-23)8-11-20(24)22-18-5-2-12-21-14-18/h2,5-7,9-10,12,14,17H,3-4,8,11,13,15H2,1H3,(H,22,24). The Morgan fingerprint density at radius 3 is 2.74 bits per heavy atom. The highest BCUT2D eigenvalue weighted by atomic mass is 32.2. The van der Waals surface area contributed by atoms with Crippen molar-refractivity contribution in [1.82, 2.24) is 9.29 Å². The number of rotatable bonds is 6. The van der Waals surface area contributed by atoms with Crippen molar-refractivity contribution in [3.8, 4) is 0 Å². The topological polar surface area (TPSA) is 79.4 Å². The van der Waals surface area contributed by atoms with E-state index in [9.17, 15) is 13.2 Å². The highest BCUT2D eigenvalue weighted by Crippen LogP contribution is 2.26. The van der Waals surface area contributed by atoms with E-state index in [0.717, 1.165) is 18.4 Å². The van der Waals surface area contributed by atoms with Crippen molar-refractivity contribution in [2.75, 3.05) is 18.4 Å². The van der Waals surface area contributed by atoms with Gasteiger partial charge in [-0.25, -0.2) is 8.42 Å². The van der Waals surface area contributed by atoms with Gasteiger partial charge in [-0.15, -0.1) is 0 Å². The number of hydrogen-bond acceptors (Lipinski definition) is 4. The Morgan fingerprint density at radius 2 is 2.04 bits per heavy atom. The van der Waals surface area contributed by atoms with Crippen LogP contribution in [0.25, 0.3) is 0 Å². The Morgan fingerprint density at radius 1 is 1.26 bits per heavy atom. The summed E-state index contributed by atoms with van der Waals surface area (Å²) in [7, 11) is -3.47. The Bertz CT molecular complexity index is 867. The molecule has 27 heavy (non-hydrogen) atoms. The number of aromatic nitrogens is 1. The Hall–Kier alpha value is -2.25. The lowest BCUT2D eigenvalue weighted by molar-refractivity contribution is -0.116. The summed E-state index contributed by atoms with van der Waals surface area (Å²) in [4.78, 5) is 16.4. The fourth-order valence-electron chi connectivity index (χ4n) is 3.34.